The van der Waals surface area contributed by atoms with Gasteiger partial charge in [0, 0.05) is 36.0 Å². The van der Waals surface area contributed by atoms with Gasteiger partial charge in [-0.25, -0.2) is 0 Å². The second-order valence-electron chi connectivity index (χ2n) is 7.01. The third kappa shape index (κ3) is 3.03. The standard InChI is InChI=1S/C23H27NO/c1-6-25-16-19(17(2)18-12-8-7-9-13-18)22-23(3,4)20-14-10-11-15-21(20)24(22)5/h7-15H,2,6,16H2,1,3-5H3/b22-19-. The van der Waals surface area contributed by atoms with Crippen molar-refractivity contribution in [1.82, 2.24) is 0 Å². The smallest absolute Gasteiger partial charge is 0.0739 e. The number of anilines is 1. The van der Waals surface area contributed by atoms with Gasteiger partial charge < -0.3 is 9.64 Å². The van der Waals surface area contributed by atoms with E-state index in [-0.39, 0.29) is 5.41 Å². The average molecular weight is 333 g/mol. The zero-order chi connectivity index (χ0) is 18.0. The van der Waals surface area contributed by atoms with Crippen molar-refractivity contribution in [3.8, 4) is 0 Å². The van der Waals surface area contributed by atoms with E-state index < -0.39 is 0 Å². The van der Waals surface area contributed by atoms with E-state index in [4.69, 9.17) is 4.74 Å². The number of allylic oxidation sites excluding steroid dienone is 1. The van der Waals surface area contributed by atoms with E-state index in [1.165, 1.54) is 22.5 Å². The number of rotatable bonds is 5. The highest BCUT2D eigenvalue weighted by Gasteiger charge is 2.40. The molecule has 1 aliphatic rings. The molecule has 0 bridgehead atoms. The van der Waals surface area contributed by atoms with Gasteiger partial charge in [-0.3, -0.25) is 0 Å². The number of ether oxygens (including phenoxy) is 1. The average Bonchev–Trinajstić information content (AvgIpc) is 2.83. The molecule has 0 aliphatic carbocycles. The van der Waals surface area contributed by atoms with E-state index >= 15 is 0 Å². The summed E-state index contributed by atoms with van der Waals surface area (Å²) in [5.41, 5.74) is 7.16. The van der Waals surface area contributed by atoms with Crippen LogP contribution in [0, 0.1) is 0 Å². The van der Waals surface area contributed by atoms with Crippen molar-refractivity contribution in [2.75, 3.05) is 25.2 Å². The number of benzene rings is 2. The highest BCUT2D eigenvalue weighted by atomic mass is 16.5. The minimum absolute atomic E-state index is 0.0878. The van der Waals surface area contributed by atoms with Gasteiger partial charge in [0.2, 0.25) is 0 Å². The summed E-state index contributed by atoms with van der Waals surface area (Å²) in [4.78, 5) is 2.30. The van der Waals surface area contributed by atoms with Gasteiger partial charge in [0.1, 0.15) is 0 Å². The Hall–Kier alpha value is -2.32. The first-order chi connectivity index (χ1) is 12.0. The lowest BCUT2D eigenvalue weighted by Gasteiger charge is -2.29. The van der Waals surface area contributed by atoms with Crippen LogP contribution in [0.3, 0.4) is 0 Å². The molecule has 0 radical (unpaired) electrons. The number of para-hydroxylation sites is 1. The number of nitrogens with zero attached hydrogens (tertiary/aromatic N) is 1. The fourth-order valence-electron chi connectivity index (χ4n) is 3.86. The maximum absolute atomic E-state index is 5.85. The predicted molar refractivity (Wildman–Crippen MR) is 107 cm³/mol. The lowest BCUT2D eigenvalue weighted by molar-refractivity contribution is 0.172. The number of fused-ring (bicyclic) bond motifs is 1. The largest absolute Gasteiger partial charge is 0.377 e. The molecule has 2 heteroatoms. The van der Waals surface area contributed by atoms with E-state index in [9.17, 15) is 0 Å². The van der Waals surface area contributed by atoms with Crippen molar-refractivity contribution in [2.45, 2.75) is 26.2 Å². The molecule has 1 aliphatic heterocycles. The van der Waals surface area contributed by atoms with Crippen LogP contribution in [0.5, 0.6) is 0 Å². The molecule has 0 atom stereocenters. The van der Waals surface area contributed by atoms with Crippen LogP contribution in [-0.2, 0) is 10.2 Å². The summed E-state index contributed by atoms with van der Waals surface area (Å²) in [5.74, 6) is 0. The number of likely N-dealkylation sites (N-methyl/N-ethyl adjacent to an activating group) is 1. The summed E-state index contributed by atoms with van der Waals surface area (Å²) in [5, 5.41) is 0. The Morgan fingerprint density at radius 1 is 1.04 bits per heavy atom. The van der Waals surface area contributed by atoms with Crippen LogP contribution in [0.2, 0.25) is 0 Å². The molecule has 0 unspecified atom stereocenters. The van der Waals surface area contributed by atoms with Gasteiger partial charge in [0.25, 0.3) is 0 Å². The first-order valence-corrected chi connectivity index (χ1v) is 8.87. The lowest BCUT2D eigenvalue weighted by atomic mass is 9.80. The van der Waals surface area contributed by atoms with Crippen LogP contribution in [0.15, 0.2) is 72.4 Å². The van der Waals surface area contributed by atoms with Gasteiger partial charge in [-0.1, -0.05) is 69.0 Å². The first kappa shape index (κ1) is 17.5. The molecule has 0 amide bonds. The lowest BCUT2D eigenvalue weighted by Crippen LogP contribution is -2.26. The summed E-state index contributed by atoms with van der Waals surface area (Å²) in [6, 6.07) is 19.0. The monoisotopic (exact) mass is 333 g/mol. The molecule has 0 fully saturated rings. The second kappa shape index (κ2) is 6.89. The van der Waals surface area contributed by atoms with Crippen molar-refractivity contribution in [2.24, 2.45) is 0 Å². The maximum atomic E-state index is 5.85. The van der Waals surface area contributed by atoms with Crippen molar-refractivity contribution in [3.05, 3.63) is 83.6 Å². The minimum Gasteiger partial charge on any atom is -0.377 e. The summed E-state index contributed by atoms with van der Waals surface area (Å²) < 4.78 is 5.85. The molecule has 0 N–H and O–H groups in total. The first-order valence-electron chi connectivity index (χ1n) is 8.87. The molecule has 25 heavy (non-hydrogen) atoms. The molecular formula is C23H27NO. The van der Waals surface area contributed by atoms with Crippen LogP contribution >= 0.6 is 0 Å². The molecule has 1 heterocycles. The zero-order valence-corrected chi connectivity index (χ0v) is 15.7. The summed E-state index contributed by atoms with van der Waals surface area (Å²) in [6.45, 7) is 12.3. The van der Waals surface area contributed by atoms with Gasteiger partial charge in [0.15, 0.2) is 0 Å². The fraction of sp³-hybridized carbons (Fsp3) is 0.304. The minimum atomic E-state index is -0.0878. The Morgan fingerprint density at radius 2 is 1.68 bits per heavy atom. The van der Waals surface area contributed by atoms with Crippen molar-refractivity contribution in [1.29, 1.82) is 0 Å². The Kier molecular flexibility index (Phi) is 4.82. The third-order valence-corrected chi connectivity index (χ3v) is 5.09. The molecule has 0 saturated heterocycles. The van der Waals surface area contributed by atoms with E-state index in [1.807, 2.05) is 13.0 Å². The molecule has 2 aromatic rings. The van der Waals surface area contributed by atoms with Gasteiger partial charge >= 0.3 is 0 Å². The molecule has 2 nitrogen and oxygen atoms in total. The number of hydrogen-bond donors (Lipinski definition) is 0. The van der Waals surface area contributed by atoms with Crippen molar-refractivity contribution in [3.63, 3.8) is 0 Å². The Morgan fingerprint density at radius 3 is 2.32 bits per heavy atom. The quantitative estimate of drug-likeness (QED) is 0.724. The van der Waals surface area contributed by atoms with Gasteiger partial charge in [-0.15, -0.1) is 0 Å². The summed E-state index contributed by atoms with van der Waals surface area (Å²) >= 11 is 0. The SMILES string of the molecule is C=C(/C(COCC)=C1\N(C)c2ccccc2C1(C)C)c1ccccc1. The van der Waals surface area contributed by atoms with Crippen molar-refractivity contribution >= 4 is 11.3 Å². The van der Waals surface area contributed by atoms with Gasteiger partial charge in [-0.2, -0.15) is 0 Å². The third-order valence-electron chi connectivity index (χ3n) is 5.09. The van der Waals surface area contributed by atoms with Crippen LogP contribution in [-0.4, -0.2) is 20.3 Å². The van der Waals surface area contributed by atoms with Crippen LogP contribution < -0.4 is 4.90 Å². The van der Waals surface area contributed by atoms with Crippen LogP contribution in [0.25, 0.3) is 5.57 Å². The van der Waals surface area contributed by atoms with E-state index in [1.54, 1.807) is 0 Å². The predicted octanol–water partition coefficient (Wildman–Crippen LogP) is 5.42. The van der Waals surface area contributed by atoms with Crippen LogP contribution in [0.4, 0.5) is 5.69 Å². The van der Waals surface area contributed by atoms with Crippen LogP contribution in [0.1, 0.15) is 31.9 Å². The fourth-order valence-corrected chi connectivity index (χ4v) is 3.86. The van der Waals surface area contributed by atoms with E-state index in [0.29, 0.717) is 13.2 Å². The topological polar surface area (TPSA) is 12.5 Å². The molecule has 0 aromatic heterocycles. The van der Waals surface area contributed by atoms with E-state index in [0.717, 1.165) is 11.1 Å². The van der Waals surface area contributed by atoms with E-state index in [2.05, 4.69) is 80.9 Å². The molecule has 2 aromatic carbocycles. The Balaban J connectivity index is 2.16. The maximum Gasteiger partial charge on any atom is 0.0739 e. The molecular weight excluding hydrogens is 306 g/mol. The Labute approximate surface area is 151 Å². The van der Waals surface area contributed by atoms with Gasteiger partial charge in [0.05, 0.1) is 6.61 Å². The molecule has 3 rings (SSSR count). The summed E-state index contributed by atoms with van der Waals surface area (Å²) in [7, 11) is 2.15. The molecule has 0 saturated carbocycles. The summed E-state index contributed by atoms with van der Waals surface area (Å²) in [6.07, 6.45) is 0. The Bertz CT molecular complexity index is 802. The number of hydrogen-bond acceptors (Lipinski definition) is 2. The highest BCUT2D eigenvalue weighted by Crippen LogP contribution is 2.49. The molecule has 0 spiro atoms. The zero-order valence-electron chi connectivity index (χ0n) is 15.7. The van der Waals surface area contributed by atoms with Gasteiger partial charge in [-0.05, 0) is 29.7 Å². The highest BCUT2D eigenvalue weighted by molar-refractivity contribution is 5.83. The second-order valence-corrected chi connectivity index (χ2v) is 7.01. The normalized spacial score (nSPS) is 17.4. The van der Waals surface area contributed by atoms with Crippen molar-refractivity contribution < 1.29 is 4.74 Å². The molecule has 130 valence electrons.